The molecule has 1 saturated heterocycles. The summed E-state index contributed by atoms with van der Waals surface area (Å²) in [4.78, 5) is 18.4. The molecular weight excluding hydrogens is 412 g/mol. The quantitative estimate of drug-likeness (QED) is 0.509. The molecule has 0 aliphatic carbocycles. The van der Waals surface area contributed by atoms with E-state index in [-0.39, 0.29) is 18.2 Å². The van der Waals surface area contributed by atoms with Crippen LogP contribution in [0.25, 0.3) is 11.1 Å². The Kier molecular flexibility index (Phi) is 8.23. The maximum Gasteiger partial charge on any atom is 0.410 e. The average Bonchev–Trinajstić information content (AvgIpc) is 2.79. The van der Waals surface area contributed by atoms with Crippen molar-refractivity contribution < 1.29 is 14.6 Å². The molecule has 4 rings (SSSR count). The molecule has 33 heavy (non-hydrogen) atoms. The molecule has 174 valence electrons. The van der Waals surface area contributed by atoms with E-state index in [4.69, 9.17) is 4.74 Å². The van der Waals surface area contributed by atoms with Gasteiger partial charge in [-0.1, -0.05) is 60.7 Å². The Bertz CT molecular complexity index is 987. The number of carbonyl (C=O) groups is 1. The lowest BCUT2D eigenvalue weighted by Crippen LogP contribution is -2.45. The van der Waals surface area contributed by atoms with Crippen LogP contribution in [0.1, 0.15) is 50.9 Å². The van der Waals surface area contributed by atoms with Crippen molar-refractivity contribution in [1.29, 1.82) is 0 Å². The Morgan fingerprint density at radius 3 is 2.18 bits per heavy atom. The molecule has 1 aromatic heterocycles. The molecule has 2 aromatic carbocycles. The van der Waals surface area contributed by atoms with Crippen LogP contribution in [0.3, 0.4) is 0 Å². The highest BCUT2D eigenvalue weighted by Crippen LogP contribution is 2.29. The summed E-state index contributed by atoms with van der Waals surface area (Å²) in [6.07, 6.45) is 2.47. The van der Waals surface area contributed by atoms with Crippen LogP contribution >= 0.6 is 0 Å². The minimum Gasteiger partial charge on any atom is -0.446 e. The van der Waals surface area contributed by atoms with Gasteiger partial charge in [0.25, 0.3) is 0 Å². The second kappa shape index (κ2) is 11.1. The minimum absolute atomic E-state index is 0.0613. The van der Waals surface area contributed by atoms with Gasteiger partial charge >= 0.3 is 6.09 Å². The third-order valence-electron chi connectivity index (χ3n) is 5.68. The molecule has 1 N–H and O–H groups in total. The lowest BCUT2D eigenvalue weighted by molar-refractivity contribution is -0.0309. The molecule has 5 nitrogen and oxygen atoms in total. The minimum atomic E-state index is -0.833. The van der Waals surface area contributed by atoms with Crippen molar-refractivity contribution in [1.82, 2.24) is 9.88 Å². The molecule has 5 heteroatoms. The number of carbonyl (C=O) groups excluding carboxylic acids is 1. The van der Waals surface area contributed by atoms with Crippen molar-refractivity contribution in [2.45, 2.75) is 58.3 Å². The lowest BCUT2D eigenvalue weighted by Gasteiger charge is -2.37. The third kappa shape index (κ3) is 7.43. The largest absolute Gasteiger partial charge is 0.446 e. The van der Waals surface area contributed by atoms with Crippen molar-refractivity contribution >= 4 is 6.09 Å². The van der Waals surface area contributed by atoms with E-state index in [2.05, 4.69) is 35.3 Å². The van der Waals surface area contributed by atoms with Gasteiger partial charge in [0.05, 0.1) is 11.6 Å². The smallest absolute Gasteiger partial charge is 0.410 e. The van der Waals surface area contributed by atoms with Gasteiger partial charge in [-0.15, -0.1) is 0 Å². The van der Waals surface area contributed by atoms with Gasteiger partial charge in [0, 0.05) is 31.3 Å². The predicted octanol–water partition coefficient (Wildman–Crippen LogP) is 6.18. The maximum atomic E-state index is 12.4. The fourth-order valence-electron chi connectivity index (χ4n) is 3.94. The first-order valence-electron chi connectivity index (χ1n) is 11.5. The summed E-state index contributed by atoms with van der Waals surface area (Å²) in [5.41, 5.74) is 3.49. The van der Waals surface area contributed by atoms with Crippen molar-refractivity contribution in [3.63, 3.8) is 0 Å². The Labute approximate surface area is 197 Å². The number of hydrogen-bond donors (Lipinski definition) is 1. The molecule has 0 saturated carbocycles. The van der Waals surface area contributed by atoms with E-state index in [0.29, 0.717) is 13.0 Å². The highest BCUT2D eigenvalue weighted by molar-refractivity contribution is 5.69. The summed E-state index contributed by atoms with van der Waals surface area (Å²) < 4.78 is 5.54. The van der Waals surface area contributed by atoms with Crippen molar-refractivity contribution in [3.8, 4) is 11.1 Å². The van der Waals surface area contributed by atoms with Crippen LogP contribution in [0.15, 0.2) is 79.0 Å². The summed E-state index contributed by atoms with van der Waals surface area (Å²) >= 11 is 0. The first kappa shape index (κ1) is 24.5. The van der Waals surface area contributed by atoms with E-state index in [1.165, 1.54) is 0 Å². The normalized spacial score (nSPS) is 16.9. The van der Waals surface area contributed by atoms with Crippen LogP contribution in [0.4, 0.5) is 4.79 Å². The van der Waals surface area contributed by atoms with E-state index in [1.54, 1.807) is 18.7 Å². The van der Waals surface area contributed by atoms with Gasteiger partial charge in [0.2, 0.25) is 0 Å². The number of aliphatic hydroxyl groups is 1. The zero-order chi connectivity index (χ0) is 23.8. The van der Waals surface area contributed by atoms with Crippen LogP contribution in [0, 0.1) is 6.92 Å². The molecule has 2 unspecified atom stereocenters. The monoisotopic (exact) mass is 446 g/mol. The number of rotatable bonds is 5. The van der Waals surface area contributed by atoms with E-state index in [9.17, 15) is 9.90 Å². The zero-order valence-electron chi connectivity index (χ0n) is 19.9. The van der Waals surface area contributed by atoms with Crippen molar-refractivity contribution in [3.05, 3.63) is 90.3 Å². The number of amides is 1. The number of hydrogen-bond acceptors (Lipinski definition) is 4. The van der Waals surface area contributed by atoms with Crippen LogP contribution in [-0.4, -0.2) is 39.3 Å². The van der Waals surface area contributed by atoms with Gasteiger partial charge in [0.15, 0.2) is 0 Å². The molecule has 0 spiro atoms. The SMILES string of the molecule is Cc1cc(-c2ccc(C(C)N3CCC(CC(C)(C)O)OC3=O)cc2)ccn1.c1ccccc1. The van der Waals surface area contributed by atoms with Gasteiger partial charge in [0.1, 0.15) is 6.10 Å². The zero-order valence-corrected chi connectivity index (χ0v) is 19.9. The van der Waals surface area contributed by atoms with Crippen LogP contribution in [-0.2, 0) is 4.74 Å². The van der Waals surface area contributed by atoms with E-state index in [0.717, 1.165) is 28.8 Å². The van der Waals surface area contributed by atoms with Gasteiger partial charge in [-0.25, -0.2) is 4.79 Å². The van der Waals surface area contributed by atoms with Gasteiger partial charge in [-0.2, -0.15) is 0 Å². The Balaban J connectivity index is 0.000000442. The van der Waals surface area contributed by atoms with Gasteiger partial charge in [-0.05, 0) is 56.5 Å². The molecule has 1 aliphatic rings. The van der Waals surface area contributed by atoms with Crippen LogP contribution in [0.2, 0.25) is 0 Å². The lowest BCUT2D eigenvalue weighted by atomic mass is 9.97. The maximum absolute atomic E-state index is 12.4. The van der Waals surface area contributed by atoms with E-state index >= 15 is 0 Å². The Morgan fingerprint density at radius 1 is 1.06 bits per heavy atom. The van der Waals surface area contributed by atoms with Crippen LogP contribution in [0.5, 0.6) is 0 Å². The number of aryl methyl sites for hydroxylation is 1. The van der Waals surface area contributed by atoms with Crippen LogP contribution < -0.4 is 0 Å². The summed E-state index contributed by atoms with van der Waals surface area (Å²) in [6.45, 7) is 8.10. The molecule has 3 aromatic rings. The topological polar surface area (TPSA) is 62.7 Å². The molecule has 0 bridgehead atoms. The molecule has 0 radical (unpaired) electrons. The molecule has 1 fully saturated rings. The molecule has 2 heterocycles. The molecule has 1 aliphatic heterocycles. The molecule has 2 atom stereocenters. The number of pyridine rings is 1. The summed E-state index contributed by atoms with van der Waals surface area (Å²) in [5.74, 6) is 0. The van der Waals surface area contributed by atoms with Gasteiger partial charge < -0.3 is 14.7 Å². The van der Waals surface area contributed by atoms with Gasteiger partial charge in [-0.3, -0.25) is 4.98 Å². The number of benzene rings is 2. The van der Waals surface area contributed by atoms with E-state index in [1.807, 2.05) is 62.5 Å². The van der Waals surface area contributed by atoms with Crippen molar-refractivity contribution in [2.24, 2.45) is 0 Å². The summed E-state index contributed by atoms with van der Waals surface area (Å²) in [5, 5.41) is 9.94. The predicted molar refractivity (Wildman–Crippen MR) is 132 cm³/mol. The third-order valence-corrected chi connectivity index (χ3v) is 5.68. The highest BCUT2D eigenvalue weighted by Gasteiger charge is 2.33. The first-order chi connectivity index (χ1) is 15.7. The standard InChI is InChI=1S/C22H28N2O3.C6H6/c1-15-13-19(9-11-23-15)18-7-5-17(6-8-18)16(2)24-12-10-20(27-21(24)25)14-22(3,4)26;1-2-4-6-5-3-1/h5-9,11,13,16,20,26H,10,12,14H2,1-4H3;1-6H. The number of ether oxygens (including phenoxy) is 1. The second-order valence-corrected chi connectivity index (χ2v) is 9.14. The fraction of sp³-hybridized carbons (Fsp3) is 0.357. The average molecular weight is 447 g/mol. The van der Waals surface area contributed by atoms with Crippen molar-refractivity contribution in [2.75, 3.05) is 6.54 Å². The molecule has 1 amide bonds. The summed E-state index contributed by atoms with van der Waals surface area (Å²) in [7, 11) is 0. The number of cyclic esters (lactones) is 1. The fourth-order valence-corrected chi connectivity index (χ4v) is 3.94. The van der Waals surface area contributed by atoms with E-state index < -0.39 is 5.60 Å². The highest BCUT2D eigenvalue weighted by atomic mass is 16.6. The summed E-state index contributed by atoms with van der Waals surface area (Å²) in [6, 6.07) is 24.3. The molecular formula is C28H34N2O3. The number of nitrogens with zero attached hydrogens (tertiary/aromatic N) is 2. The Hall–Kier alpha value is -3.18. The second-order valence-electron chi connectivity index (χ2n) is 9.14. The number of aromatic nitrogens is 1. The Morgan fingerprint density at radius 2 is 1.67 bits per heavy atom. The first-order valence-corrected chi connectivity index (χ1v) is 11.5.